The molecule has 0 atom stereocenters. The van der Waals surface area contributed by atoms with Gasteiger partial charge < -0.3 is 0 Å². The quantitative estimate of drug-likeness (QED) is 0.615. The van der Waals surface area contributed by atoms with Crippen LogP contribution in [0.2, 0.25) is 0 Å². The van der Waals surface area contributed by atoms with Gasteiger partial charge >= 0.3 is 0 Å². The summed E-state index contributed by atoms with van der Waals surface area (Å²) in [6.07, 6.45) is 0. The van der Waals surface area contributed by atoms with E-state index in [1.165, 1.54) is 6.07 Å². The van der Waals surface area contributed by atoms with Crippen LogP contribution in [-0.2, 0) is 16.2 Å². The summed E-state index contributed by atoms with van der Waals surface area (Å²) in [5, 5.41) is 0.699. The van der Waals surface area contributed by atoms with Crippen molar-refractivity contribution in [1.82, 2.24) is 5.06 Å². The monoisotopic (exact) mass is 307 g/mol. The summed E-state index contributed by atoms with van der Waals surface area (Å²) in [4.78, 5) is 17.0. The fourth-order valence-corrected chi connectivity index (χ4v) is 1.52. The van der Waals surface area contributed by atoms with Gasteiger partial charge in [0.1, 0.15) is 5.41 Å². The van der Waals surface area contributed by atoms with Gasteiger partial charge in [-0.25, -0.2) is 22.6 Å². The predicted octanol–water partition coefficient (Wildman–Crippen LogP) is 3.54. The van der Waals surface area contributed by atoms with E-state index in [1.54, 1.807) is 0 Å². The highest BCUT2D eigenvalue weighted by atomic mass is 19.3. The molecule has 3 nitrogen and oxygen atoms in total. The molecular formula is C14H17F4NO2. The summed E-state index contributed by atoms with van der Waals surface area (Å²) in [5.41, 5.74) is -1.78. The van der Waals surface area contributed by atoms with E-state index < -0.39 is 28.9 Å². The molecule has 0 saturated heterocycles. The first kappa shape index (κ1) is 17.4. The first-order valence-corrected chi connectivity index (χ1v) is 6.18. The minimum atomic E-state index is -3.27. The Kier molecular flexibility index (Phi) is 4.99. The van der Waals surface area contributed by atoms with Gasteiger partial charge in [-0.3, -0.25) is 9.63 Å². The molecule has 0 unspecified atom stereocenters. The molecule has 0 fully saturated rings. The maximum atomic E-state index is 13.5. The number of amides is 1. The van der Waals surface area contributed by atoms with Crippen LogP contribution in [0.5, 0.6) is 0 Å². The predicted molar refractivity (Wildman–Crippen MR) is 68.3 cm³/mol. The van der Waals surface area contributed by atoms with Crippen molar-refractivity contribution >= 4 is 5.91 Å². The second-order valence-electron chi connectivity index (χ2n) is 5.29. The summed E-state index contributed by atoms with van der Waals surface area (Å²) < 4.78 is 52.9. The highest BCUT2D eigenvalue weighted by Crippen LogP contribution is 2.37. The van der Waals surface area contributed by atoms with Crippen LogP contribution in [0.25, 0.3) is 0 Å². The van der Waals surface area contributed by atoms with Gasteiger partial charge in [-0.15, -0.1) is 0 Å². The van der Waals surface area contributed by atoms with Crippen LogP contribution in [0, 0.1) is 17.0 Å². The number of hydroxylamine groups is 2. The minimum absolute atomic E-state index is 0.222. The van der Waals surface area contributed by atoms with Crippen molar-refractivity contribution in [3.05, 3.63) is 35.4 Å². The molecule has 7 heteroatoms. The molecule has 0 heterocycles. The lowest BCUT2D eigenvalue weighted by atomic mass is 9.85. The van der Waals surface area contributed by atoms with E-state index in [4.69, 9.17) is 4.84 Å². The maximum Gasteiger partial charge on any atom is 0.259 e. The number of nitrogens with zero attached hydrogens (tertiary/aromatic N) is 1. The molecule has 1 aromatic carbocycles. The molecule has 0 aliphatic rings. The van der Waals surface area contributed by atoms with Crippen molar-refractivity contribution in [1.29, 1.82) is 0 Å². The van der Waals surface area contributed by atoms with Crippen molar-refractivity contribution in [3.8, 4) is 0 Å². The number of hydrogen-bond acceptors (Lipinski definition) is 2. The lowest BCUT2D eigenvalue weighted by Gasteiger charge is -2.34. The standard InChI is InChI=1S/C14H17F4NO2/c1-13(2,14(3,17)18)12(20)19(21-4)8-9-5-6-10(15)11(16)7-9/h5-7H,8H2,1-4H3. The van der Waals surface area contributed by atoms with Gasteiger partial charge in [0.15, 0.2) is 11.6 Å². The van der Waals surface area contributed by atoms with Crippen LogP contribution in [-0.4, -0.2) is 24.0 Å². The summed E-state index contributed by atoms with van der Waals surface area (Å²) in [5.74, 6) is -6.35. The Labute approximate surface area is 120 Å². The minimum Gasteiger partial charge on any atom is -0.274 e. The average Bonchev–Trinajstić information content (AvgIpc) is 2.37. The van der Waals surface area contributed by atoms with E-state index in [0.29, 0.717) is 12.0 Å². The lowest BCUT2D eigenvalue weighted by molar-refractivity contribution is -0.205. The molecule has 1 rings (SSSR count). The Bertz CT molecular complexity index is 526. The Balaban J connectivity index is 2.98. The molecule has 0 aromatic heterocycles. The first-order valence-electron chi connectivity index (χ1n) is 6.18. The van der Waals surface area contributed by atoms with Crippen LogP contribution < -0.4 is 0 Å². The number of carbonyl (C=O) groups excluding carboxylic acids is 1. The third-order valence-corrected chi connectivity index (χ3v) is 3.39. The molecule has 1 amide bonds. The Morgan fingerprint density at radius 1 is 1.19 bits per heavy atom. The molecule has 1 aromatic rings. The van der Waals surface area contributed by atoms with Crippen molar-refractivity contribution in [2.24, 2.45) is 5.41 Å². The van der Waals surface area contributed by atoms with E-state index in [0.717, 1.165) is 33.1 Å². The largest absolute Gasteiger partial charge is 0.274 e. The number of benzene rings is 1. The zero-order valence-electron chi connectivity index (χ0n) is 12.2. The molecule has 0 spiro atoms. The van der Waals surface area contributed by atoms with Crippen molar-refractivity contribution in [2.75, 3.05) is 7.11 Å². The molecule has 0 aliphatic heterocycles. The maximum absolute atomic E-state index is 13.5. The second-order valence-corrected chi connectivity index (χ2v) is 5.29. The molecule has 0 aliphatic carbocycles. The van der Waals surface area contributed by atoms with E-state index in [2.05, 4.69) is 0 Å². The molecule has 118 valence electrons. The number of carbonyl (C=O) groups is 1. The molecule has 0 radical (unpaired) electrons. The van der Waals surface area contributed by atoms with Crippen LogP contribution >= 0.6 is 0 Å². The zero-order chi connectivity index (χ0) is 16.4. The summed E-state index contributed by atoms with van der Waals surface area (Å²) >= 11 is 0. The number of hydrogen-bond donors (Lipinski definition) is 0. The Hall–Kier alpha value is -1.63. The van der Waals surface area contributed by atoms with Gasteiger partial charge in [0.25, 0.3) is 11.8 Å². The molecule has 0 N–H and O–H groups in total. The molecule has 0 bridgehead atoms. The third kappa shape index (κ3) is 3.72. The normalized spacial score (nSPS) is 12.4. The SMILES string of the molecule is CON(Cc1ccc(F)c(F)c1)C(=O)C(C)(C)C(C)(F)F. The van der Waals surface area contributed by atoms with Gasteiger partial charge in [-0.1, -0.05) is 6.07 Å². The Morgan fingerprint density at radius 3 is 2.19 bits per heavy atom. The molecule has 0 saturated carbocycles. The number of alkyl halides is 2. The van der Waals surface area contributed by atoms with Gasteiger partial charge in [-0.05, 0) is 31.5 Å². The van der Waals surface area contributed by atoms with Crippen LogP contribution in [0.15, 0.2) is 18.2 Å². The fourth-order valence-electron chi connectivity index (χ4n) is 1.52. The van der Waals surface area contributed by atoms with Crippen molar-refractivity contribution in [3.63, 3.8) is 0 Å². The van der Waals surface area contributed by atoms with Gasteiger partial charge in [0, 0.05) is 6.92 Å². The van der Waals surface area contributed by atoms with Crippen LogP contribution in [0.4, 0.5) is 17.6 Å². The van der Waals surface area contributed by atoms with Crippen molar-refractivity contribution < 1.29 is 27.2 Å². The number of halogens is 4. The van der Waals surface area contributed by atoms with Crippen LogP contribution in [0.1, 0.15) is 26.3 Å². The number of rotatable bonds is 5. The Morgan fingerprint density at radius 2 is 1.76 bits per heavy atom. The first-order chi connectivity index (χ1) is 9.50. The van der Waals surface area contributed by atoms with Gasteiger partial charge in [0.05, 0.1) is 13.7 Å². The third-order valence-electron chi connectivity index (χ3n) is 3.39. The second kappa shape index (κ2) is 6.01. The summed E-state index contributed by atoms with van der Waals surface area (Å²) in [6, 6.07) is 3.02. The van der Waals surface area contributed by atoms with Crippen molar-refractivity contribution in [2.45, 2.75) is 33.2 Å². The fraction of sp³-hybridized carbons (Fsp3) is 0.500. The van der Waals surface area contributed by atoms with E-state index in [9.17, 15) is 22.4 Å². The van der Waals surface area contributed by atoms with E-state index in [-0.39, 0.29) is 12.1 Å². The highest BCUT2D eigenvalue weighted by molar-refractivity contribution is 5.82. The lowest BCUT2D eigenvalue weighted by Crippen LogP contribution is -2.48. The highest BCUT2D eigenvalue weighted by Gasteiger charge is 2.50. The van der Waals surface area contributed by atoms with Crippen LogP contribution in [0.3, 0.4) is 0 Å². The zero-order valence-corrected chi connectivity index (χ0v) is 12.2. The summed E-state index contributed by atoms with van der Waals surface area (Å²) in [6.45, 7) is 2.54. The van der Waals surface area contributed by atoms with E-state index >= 15 is 0 Å². The van der Waals surface area contributed by atoms with E-state index in [1.807, 2.05) is 0 Å². The topological polar surface area (TPSA) is 29.5 Å². The van der Waals surface area contributed by atoms with Gasteiger partial charge in [0.2, 0.25) is 0 Å². The summed E-state index contributed by atoms with van der Waals surface area (Å²) in [7, 11) is 1.14. The smallest absolute Gasteiger partial charge is 0.259 e. The molecular weight excluding hydrogens is 290 g/mol. The average molecular weight is 307 g/mol. The molecule has 21 heavy (non-hydrogen) atoms. The van der Waals surface area contributed by atoms with Gasteiger partial charge in [-0.2, -0.15) is 0 Å².